The molecule has 0 bridgehead atoms. The van der Waals surface area contributed by atoms with Crippen molar-refractivity contribution in [1.82, 2.24) is 0 Å². The van der Waals surface area contributed by atoms with Crippen LogP contribution in [0.15, 0.2) is 60.7 Å². The zero-order valence-electron chi connectivity index (χ0n) is 13.8. The van der Waals surface area contributed by atoms with Crippen LogP contribution in [0.2, 0.25) is 5.02 Å². The number of esters is 2. The van der Waals surface area contributed by atoms with Crippen LogP contribution in [-0.2, 0) is 9.59 Å². The lowest BCUT2D eigenvalue weighted by Gasteiger charge is -2.13. The maximum absolute atomic E-state index is 11.9. The average molecular weight is 361 g/mol. The first kappa shape index (κ1) is 18.5. The summed E-state index contributed by atoms with van der Waals surface area (Å²) < 4.78 is 15.8. The topological polar surface area (TPSA) is 61.8 Å². The van der Waals surface area contributed by atoms with Crippen LogP contribution in [0.5, 0.6) is 17.2 Å². The fourth-order valence-electron chi connectivity index (χ4n) is 1.84. The van der Waals surface area contributed by atoms with Crippen molar-refractivity contribution in [1.29, 1.82) is 0 Å². The number of carbonyl (C=O) groups is 2. The molecule has 0 N–H and O–H groups in total. The number of benzene rings is 2. The van der Waals surface area contributed by atoms with E-state index in [1.165, 1.54) is 6.07 Å². The van der Waals surface area contributed by atoms with Gasteiger partial charge in [0.05, 0.1) is 6.10 Å². The molecule has 0 spiro atoms. The molecule has 0 amide bonds. The van der Waals surface area contributed by atoms with Crippen LogP contribution in [0.3, 0.4) is 0 Å². The average Bonchev–Trinajstić information content (AvgIpc) is 2.54. The van der Waals surface area contributed by atoms with Crippen molar-refractivity contribution >= 4 is 23.5 Å². The Morgan fingerprint density at radius 2 is 1.56 bits per heavy atom. The molecule has 5 nitrogen and oxygen atoms in total. The molecule has 130 valence electrons. The molecule has 0 aromatic heterocycles. The molecule has 0 atom stereocenters. The standard InChI is InChI=1S/C19H17ClO5/c1-13(2)23-16-8-3-4-9-17(16)25-19(22)11-10-18(21)24-15-7-5-6-14(20)12-15/h3-13H,1-2H3/b11-10+. The quantitative estimate of drug-likeness (QED) is 0.439. The monoisotopic (exact) mass is 360 g/mol. The van der Waals surface area contributed by atoms with Gasteiger partial charge in [-0.2, -0.15) is 0 Å². The summed E-state index contributed by atoms with van der Waals surface area (Å²) in [7, 11) is 0. The van der Waals surface area contributed by atoms with E-state index < -0.39 is 11.9 Å². The predicted molar refractivity (Wildman–Crippen MR) is 94.1 cm³/mol. The summed E-state index contributed by atoms with van der Waals surface area (Å²) in [6.07, 6.45) is 1.90. The summed E-state index contributed by atoms with van der Waals surface area (Å²) in [6, 6.07) is 13.2. The number of halogens is 1. The molecule has 25 heavy (non-hydrogen) atoms. The fraction of sp³-hybridized carbons (Fsp3) is 0.158. The van der Waals surface area contributed by atoms with Crippen LogP contribution >= 0.6 is 11.6 Å². The molecule has 0 aliphatic heterocycles. The highest BCUT2D eigenvalue weighted by Crippen LogP contribution is 2.27. The van der Waals surface area contributed by atoms with Crippen LogP contribution < -0.4 is 14.2 Å². The lowest BCUT2D eigenvalue weighted by molar-refractivity contribution is -0.131. The molecule has 0 fully saturated rings. The van der Waals surface area contributed by atoms with E-state index in [1.807, 2.05) is 13.8 Å². The first-order valence-electron chi connectivity index (χ1n) is 7.57. The molecule has 0 heterocycles. The Balaban J connectivity index is 1.95. The summed E-state index contributed by atoms with van der Waals surface area (Å²) in [5.41, 5.74) is 0. The highest BCUT2D eigenvalue weighted by molar-refractivity contribution is 6.30. The SMILES string of the molecule is CC(C)Oc1ccccc1OC(=O)/C=C/C(=O)Oc1cccc(Cl)c1. The van der Waals surface area contributed by atoms with Gasteiger partial charge in [-0.05, 0) is 44.2 Å². The maximum Gasteiger partial charge on any atom is 0.336 e. The van der Waals surface area contributed by atoms with E-state index in [4.69, 9.17) is 25.8 Å². The number of para-hydroxylation sites is 2. The normalized spacial score (nSPS) is 10.7. The van der Waals surface area contributed by atoms with E-state index in [-0.39, 0.29) is 17.6 Å². The number of carbonyl (C=O) groups excluding carboxylic acids is 2. The minimum Gasteiger partial charge on any atom is -0.487 e. The van der Waals surface area contributed by atoms with Crippen LogP contribution in [-0.4, -0.2) is 18.0 Å². The first-order chi connectivity index (χ1) is 11.9. The van der Waals surface area contributed by atoms with Gasteiger partial charge in [-0.15, -0.1) is 0 Å². The molecule has 0 aliphatic rings. The van der Waals surface area contributed by atoms with E-state index in [1.54, 1.807) is 42.5 Å². The maximum atomic E-state index is 11.9. The Morgan fingerprint density at radius 3 is 2.20 bits per heavy atom. The van der Waals surface area contributed by atoms with Crippen LogP contribution in [0, 0.1) is 0 Å². The molecular weight excluding hydrogens is 344 g/mol. The molecular formula is C19H17ClO5. The summed E-state index contributed by atoms with van der Waals surface area (Å²) in [4.78, 5) is 23.6. The van der Waals surface area contributed by atoms with Gasteiger partial charge in [0.1, 0.15) is 5.75 Å². The van der Waals surface area contributed by atoms with Crippen molar-refractivity contribution < 1.29 is 23.8 Å². The Kier molecular flexibility index (Phi) is 6.60. The van der Waals surface area contributed by atoms with Crippen LogP contribution in [0.4, 0.5) is 0 Å². The molecule has 0 radical (unpaired) electrons. The molecule has 2 aromatic carbocycles. The first-order valence-corrected chi connectivity index (χ1v) is 7.95. The Morgan fingerprint density at radius 1 is 0.920 bits per heavy atom. The van der Waals surface area contributed by atoms with Crippen molar-refractivity contribution in [2.24, 2.45) is 0 Å². The highest BCUT2D eigenvalue weighted by atomic mass is 35.5. The third kappa shape index (κ3) is 6.31. The van der Waals surface area contributed by atoms with E-state index in [0.717, 1.165) is 12.2 Å². The second-order valence-corrected chi connectivity index (χ2v) is 5.68. The second-order valence-electron chi connectivity index (χ2n) is 5.25. The zero-order valence-corrected chi connectivity index (χ0v) is 14.5. The van der Waals surface area contributed by atoms with Crippen LogP contribution in [0.1, 0.15) is 13.8 Å². The fourth-order valence-corrected chi connectivity index (χ4v) is 2.03. The zero-order chi connectivity index (χ0) is 18.2. The minimum absolute atomic E-state index is 0.0666. The summed E-state index contributed by atoms with van der Waals surface area (Å²) >= 11 is 5.80. The van der Waals surface area contributed by atoms with Crippen molar-refractivity contribution in [2.75, 3.05) is 0 Å². The molecule has 0 saturated heterocycles. The van der Waals surface area contributed by atoms with Gasteiger partial charge in [0, 0.05) is 17.2 Å². The molecule has 2 rings (SSSR count). The van der Waals surface area contributed by atoms with E-state index in [0.29, 0.717) is 10.8 Å². The molecule has 0 unspecified atom stereocenters. The van der Waals surface area contributed by atoms with Gasteiger partial charge in [-0.3, -0.25) is 0 Å². The predicted octanol–water partition coefficient (Wildman–Crippen LogP) is 4.19. The largest absolute Gasteiger partial charge is 0.487 e. The molecule has 2 aromatic rings. The molecule has 0 saturated carbocycles. The Hall–Kier alpha value is -2.79. The summed E-state index contributed by atoms with van der Waals surface area (Å²) in [5.74, 6) is -0.435. The molecule has 0 aliphatic carbocycles. The third-order valence-corrected chi connectivity index (χ3v) is 3.03. The minimum atomic E-state index is -0.720. The van der Waals surface area contributed by atoms with E-state index in [2.05, 4.69) is 0 Å². The van der Waals surface area contributed by atoms with Gasteiger partial charge in [0.15, 0.2) is 11.5 Å². The van der Waals surface area contributed by atoms with Gasteiger partial charge in [0.25, 0.3) is 0 Å². The van der Waals surface area contributed by atoms with Gasteiger partial charge in [-0.1, -0.05) is 29.8 Å². The van der Waals surface area contributed by atoms with Crippen LogP contribution in [0.25, 0.3) is 0 Å². The lowest BCUT2D eigenvalue weighted by atomic mass is 10.3. The lowest BCUT2D eigenvalue weighted by Crippen LogP contribution is -2.11. The van der Waals surface area contributed by atoms with E-state index >= 15 is 0 Å². The highest BCUT2D eigenvalue weighted by Gasteiger charge is 2.10. The summed E-state index contributed by atoms with van der Waals surface area (Å²) in [6.45, 7) is 3.73. The summed E-state index contributed by atoms with van der Waals surface area (Å²) in [5, 5.41) is 0.440. The van der Waals surface area contributed by atoms with E-state index in [9.17, 15) is 9.59 Å². The van der Waals surface area contributed by atoms with Gasteiger partial charge < -0.3 is 14.2 Å². The number of ether oxygens (including phenoxy) is 3. The van der Waals surface area contributed by atoms with Crippen molar-refractivity contribution in [3.05, 3.63) is 65.7 Å². The Bertz CT molecular complexity index is 783. The van der Waals surface area contributed by atoms with Crippen molar-refractivity contribution in [3.8, 4) is 17.2 Å². The smallest absolute Gasteiger partial charge is 0.336 e. The van der Waals surface area contributed by atoms with Crippen molar-refractivity contribution in [2.45, 2.75) is 20.0 Å². The second kappa shape index (κ2) is 8.89. The third-order valence-electron chi connectivity index (χ3n) is 2.79. The van der Waals surface area contributed by atoms with Gasteiger partial charge in [0.2, 0.25) is 0 Å². The Labute approximate surface area is 150 Å². The van der Waals surface area contributed by atoms with Gasteiger partial charge in [-0.25, -0.2) is 9.59 Å². The number of rotatable bonds is 6. The number of hydrogen-bond donors (Lipinski definition) is 0. The number of hydrogen-bond acceptors (Lipinski definition) is 5. The van der Waals surface area contributed by atoms with Gasteiger partial charge >= 0.3 is 11.9 Å². The van der Waals surface area contributed by atoms with Crippen molar-refractivity contribution in [3.63, 3.8) is 0 Å². The molecule has 6 heteroatoms.